The van der Waals surface area contributed by atoms with Crippen LogP contribution >= 0.6 is 0 Å². The van der Waals surface area contributed by atoms with Gasteiger partial charge in [-0.3, -0.25) is 14.9 Å². The van der Waals surface area contributed by atoms with Gasteiger partial charge in [0.15, 0.2) is 5.76 Å². The lowest BCUT2D eigenvalue weighted by Gasteiger charge is -2.42. The molecule has 0 radical (unpaired) electrons. The van der Waals surface area contributed by atoms with E-state index >= 15 is 0 Å². The van der Waals surface area contributed by atoms with Crippen LogP contribution in [0.3, 0.4) is 0 Å². The molecule has 0 bridgehead atoms. The number of furan rings is 1. The number of hydrogen-bond donors (Lipinski definition) is 1. The fraction of sp³-hybridized carbons (Fsp3) is 0.250. The Bertz CT molecular complexity index is 1290. The standard InChI is InChI=1S/C24H24N4O4/c1-5-27-20-8-6-16(10-19(20)15(2)13-24(27,3)4)14-25-26-23(29)22-12-17-11-18(28(30)31)7-9-21(17)32-22/h6-14H,5H2,1-4H3,(H,26,29)/b25-14-. The van der Waals surface area contributed by atoms with Crippen molar-refractivity contribution in [2.75, 3.05) is 11.4 Å². The zero-order valence-corrected chi connectivity index (χ0v) is 18.4. The summed E-state index contributed by atoms with van der Waals surface area (Å²) in [5, 5.41) is 15.4. The predicted molar refractivity (Wildman–Crippen MR) is 125 cm³/mol. The van der Waals surface area contributed by atoms with Gasteiger partial charge in [0.1, 0.15) is 5.58 Å². The minimum atomic E-state index is -0.534. The highest BCUT2D eigenvalue weighted by Crippen LogP contribution is 2.38. The van der Waals surface area contributed by atoms with Gasteiger partial charge in [-0.1, -0.05) is 12.1 Å². The van der Waals surface area contributed by atoms with E-state index in [1.54, 1.807) is 6.21 Å². The van der Waals surface area contributed by atoms with Gasteiger partial charge in [-0.05, 0) is 63.1 Å². The number of carbonyl (C=O) groups excluding carboxylic acids is 1. The third kappa shape index (κ3) is 3.87. The first-order valence-electron chi connectivity index (χ1n) is 10.3. The van der Waals surface area contributed by atoms with Gasteiger partial charge in [-0.25, -0.2) is 5.43 Å². The summed E-state index contributed by atoms with van der Waals surface area (Å²) in [4.78, 5) is 25.2. The van der Waals surface area contributed by atoms with E-state index in [1.165, 1.54) is 35.5 Å². The minimum absolute atomic E-state index is 0.0303. The van der Waals surface area contributed by atoms with E-state index in [4.69, 9.17) is 4.42 Å². The van der Waals surface area contributed by atoms with E-state index in [1.807, 2.05) is 6.07 Å². The van der Waals surface area contributed by atoms with Crippen molar-refractivity contribution < 1.29 is 14.1 Å². The number of nitro groups is 1. The number of hydrazone groups is 1. The maximum Gasteiger partial charge on any atom is 0.307 e. The number of fused-ring (bicyclic) bond motifs is 2. The number of allylic oxidation sites excluding steroid dienone is 1. The van der Waals surface area contributed by atoms with Gasteiger partial charge in [-0.2, -0.15) is 5.10 Å². The molecule has 1 aromatic heterocycles. The van der Waals surface area contributed by atoms with Gasteiger partial charge in [0.25, 0.3) is 5.69 Å². The largest absolute Gasteiger partial charge is 0.451 e. The summed E-state index contributed by atoms with van der Waals surface area (Å²) in [5.74, 6) is -0.504. The van der Waals surface area contributed by atoms with Gasteiger partial charge in [0.05, 0.1) is 16.7 Å². The van der Waals surface area contributed by atoms with Gasteiger partial charge in [0.2, 0.25) is 0 Å². The number of likely N-dealkylation sites (N-methyl/N-ethyl adjacent to an activating group) is 1. The van der Waals surface area contributed by atoms with Gasteiger partial charge in [0, 0.05) is 35.3 Å². The average molecular weight is 432 g/mol. The van der Waals surface area contributed by atoms with Crippen LogP contribution in [-0.2, 0) is 0 Å². The Hall–Kier alpha value is -3.94. The molecule has 1 aliphatic heterocycles. The maximum atomic E-state index is 12.4. The van der Waals surface area contributed by atoms with Crippen molar-refractivity contribution in [2.24, 2.45) is 5.10 Å². The van der Waals surface area contributed by atoms with Crippen LogP contribution in [0.4, 0.5) is 11.4 Å². The summed E-state index contributed by atoms with van der Waals surface area (Å²) in [6.07, 6.45) is 3.84. The van der Waals surface area contributed by atoms with Crippen LogP contribution in [0.5, 0.6) is 0 Å². The second-order valence-electron chi connectivity index (χ2n) is 8.29. The molecular formula is C24H24N4O4. The molecule has 0 spiro atoms. The van der Waals surface area contributed by atoms with Crippen LogP contribution in [0.1, 0.15) is 49.4 Å². The SMILES string of the molecule is CCN1c2ccc(/C=N\NC(=O)c3cc4cc([N+](=O)[O-])ccc4o3)cc2C(C)=CC1(C)C. The Morgan fingerprint density at radius 2 is 2.03 bits per heavy atom. The van der Waals surface area contributed by atoms with E-state index in [0.717, 1.165) is 17.7 Å². The molecule has 1 N–H and O–H groups in total. The molecule has 0 aliphatic carbocycles. The van der Waals surface area contributed by atoms with Gasteiger partial charge >= 0.3 is 5.91 Å². The van der Waals surface area contributed by atoms with Crippen LogP contribution in [0, 0.1) is 10.1 Å². The van der Waals surface area contributed by atoms with Crippen LogP contribution in [0.2, 0.25) is 0 Å². The second-order valence-corrected chi connectivity index (χ2v) is 8.29. The normalized spacial score (nSPS) is 15.0. The molecule has 0 unspecified atom stereocenters. The molecule has 0 atom stereocenters. The number of anilines is 1. The predicted octanol–water partition coefficient (Wildman–Crippen LogP) is 5.13. The smallest absolute Gasteiger partial charge is 0.307 e. The molecule has 164 valence electrons. The quantitative estimate of drug-likeness (QED) is 0.342. The lowest BCUT2D eigenvalue weighted by atomic mass is 9.88. The Morgan fingerprint density at radius 3 is 2.75 bits per heavy atom. The number of nitrogens with one attached hydrogen (secondary N) is 1. The van der Waals surface area contributed by atoms with Crippen LogP contribution < -0.4 is 10.3 Å². The molecule has 32 heavy (non-hydrogen) atoms. The lowest BCUT2D eigenvalue weighted by molar-refractivity contribution is -0.384. The molecule has 8 nitrogen and oxygen atoms in total. The first-order valence-corrected chi connectivity index (χ1v) is 10.3. The number of nitrogens with zero attached hydrogens (tertiary/aromatic N) is 3. The van der Waals surface area contributed by atoms with Crippen molar-refractivity contribution in [1.29, 1.82) is 0 Å². The molecule has 1 aliphatic rings. The monoisotopic (exact) mass is 432 g/mol. The summed E-state index contributed by atoms with van der Waals surface area (Å²) < 4.78 is 5.48. The number of carbonyl (C=O) groups is 1. The first-order chi connectivity index (χ1) is 15.2. The van der Waals surface area contributed by atoms with E-state index < -0.39 is 10.8 Å². The number of nitro benzene ring substituents is 1. The molecular weight excluding hydrogens is 408 g/mol. The summed E-state index contributed by atoms with van der Waals surface area (Å²) in [5.41, 5.74) is 7.09. The Kier molecular flexibility index (Phi) is 5.30. The number of amides is 1. The Labute approximate surface area is 185 Å². The van der Waals surface area contributed by atoms with Crippen molar-refractivity contribution in [1.82, 2.24) is 5.43 Å². The number of benzene rings is 2. The maximum absolute atomic E-state index is 12.4. The zero-order valence-electron chi connectivity index (χ0n) is 18.4. The van der Waals surface area contributed by atoms with Gasteiger partial charge in [-0.15, -0.1) is 0 Å². The molecule has 3 aromatic rings. The molecule has 0 saturated carbocycles. The number of hydrogen-bond acceptors (Lipinski definition) is 6. The van der Waals surface area contributed by atoms with E-state index in [0.29, 0.717) is 11.0 Å². The third-order valence-corrected chi connectivity index (χ3v) is 5.63. The molecule has 0 fully saturated rings. The van der Waals surface area contributed by atoms with Crippen LogP contribution in [0.15, 0.2) is 58.1 Å². The highest BCUT2D eigenvalue weighted by molar-refractivity contribution is 5.97. The molecule has 2 aromatic carbocycles. The van der Waals surface area contributed by atoms with E-state index in [-0.39, 0.29) is 17.0 Å². The molecule has 0 saturated heterocycles. The van der Waals surface area contributed by atoms with Crippen LogP contribution in [0.25, 0.3) is 16.5 Å². The fourth-order valence-electron chi connectivity index (χ4n) is 4.24. The van der Waals surface area contributed by atoms with Crippen LogP contribution in [-0.4, -0.2) is 29.1 Å². The summed E-state index contributed by atoms with van der Waals surface area (Å²) in [6, 6.07) is 11.7. The Morgan fingerprint density at radius 1 is 1.25 bits per heavy atom. The summed E-state index contributed by atoms with van der Waals surface area (Å²) in [7, 11) is 0. The lowest BCUT2D eigenvalue weighted by Crippen LogP contribution is -2.44. The number of non-ortho nitro benzene ring substituents is 1. The first kappa shape index (κ1) is 21.3. The molecule has 4 rings (SSSR count). The summed E-state index contributed by atoms with van der Waals surface area (Å²) in [6.45, 7) is 9.53. The highest BCUT2D eigenvalue weighted by atomic mass is 16.6. The zero-order chi connectivity index (χ0) is 23.0. The third-order valence-electron chi connectivity index (χ3n) is 5.63. The van der Waals surface area contributed by atoms with Crippen molar-refractivity contribution in [3.8, 4) is 0 Å². The minimum Gasteiger partial charge on any atom is -0.451 e. The number of rotatable bonds is 5. The van der Waals surface area contributed by atoms with Crippen molar-refractivity contribution in [3.05, 3.63) is 75.5 Å². The second kappa shape index (κ2) is 7.96. The topological polar surface area (TPSA) is 101 Å². The van der Waals surface area contributed by atoms with E-state index in [9.17, 15) is 14.9 Å². The molecule has 2 heterocycles. The van der Waals surface area contributed by atoms with E-state index in [2.05, 4.69) is 61.3 Å². The van der Waals surface area contributed by atoms with Crippen molar-refractivity contribution >= 4 is 40.0 Å². The molecule has 1 amide bonds. The highest BCUT2D eigenvalue weighted by Gasteiger charge is 2.30. The van der Waals surface area contributed by atoms with Crippen molar-refractivity contribution in [3.63, 3.8) is 0 Å². The summed E-state index contributed by atoms with van der Waals surface area (Å²) >= 11 is 0. The fourth-order valence-corrected chi connectivity index (χ4v) is 4.24. The molecule has 8 heteroatoms. The van der Waals surface area contributed by atoms with Gasteiger partial charge < -0.3 is 9.32 Å². The average Bonchev–Trinajstić information content (AvgIpc) is 3.17. The van der Waals surface area contributed by atoms with Crippen molar-refractivity contribution in [2.45, 2.75) is 33.2 Å². The Balaban J connectivity index is 1.51.